The lowest BCUT2D eigenvalue weighted by atomic mass is 9.89. The third kappa shape index (κ3) is 3.73. The highest BCUT2D eigenvalue weighted by Gasteiger charge is 2.08. The molecule has 1 aromatic carbocycles. The highest BCUT2D eigenvalue weighted by atomic mass is 14.1. The summed E-state index contributed by atoms with van der Waals surface area (Å²) < 4.78 is 0. The molecule has 0 bridgehead atoms. The van der Waals surface area contributed by atoms with Gasteiger partial charge in [0.25, 0.3) is 0 Å². The van der Waals surface area contributed by atoms with Gasteiger partial charge in [-0.25, -0.2) is 0 Å². The maximum atomic E-state index is 2.39. The van der Waals surface area contributed by atoms with Gasteiger partial charge in [0, 0.05) is 0 Å². The third-order valence-corrected chi connectivity index (χ3v) is 3.41. The predicted octanol–water partition coefficient (Wildman–Crippen LogP) is 5.25. The van der Waals surface area contributed by atoms with Crippen molar-refractivity contribution in [2.24, 2.45) is 11.8 Å². The fourth-order valence-corrected chi connectivity index (χ4v) is 2.24. The molecule has 94 valence electrons. The van der Waals surface area contributed by atoms with Gasteiger partial charge in [0.15, 0.2) is 0 Å². The largest absolute Gasteiger partial charge is 0.0645 e. The summed E-state index contributed by atoms with van der Waals surface area (Å²) in [6, 6.07) is 6.81. The highest BCUT2D eigenvalue weighted by Crippen LogP contribution is 2.24. The molecule has 0 spiro atoms. The number of hydrogen-bond donors (Lipinski definition) is 0. The van der Waals surface area contributed by atoms with Crippen LogP contribution in [0.1, 0.15) is 51.3 Å². The van der Waals surface area contributed by atoms with Crippen molar-refractivity contribution in [3.8, 4) is 0 Å². The minimum atomic E-state index is 0.625. The molecule has 17 heavy (non-hydrogen) atoms. The first-order valence-corrected chi connectivity index (χ1v) is 6.76. The second-order valence-electron chi connectivity index (χ2n) is 5.50. The summed E-state index contributed by atoms with van der Waals surface area (Å²) in [4.78, 5) is 0. The summed E-state index contributed by atoms with van der Waals surface area (Å²) in [5, 5.41) is 0. The fourth-order valence-electron chi connectivity index (χ4n) is 2.24. The van der Waals surface area contributed by atoms with Gasteiger partial charge in [-0.3, -0.25) is 0 Å². The van der Waals surface area contributed by atoms with Crippen molar-refractivity contribution in [2.75, 3.05) is 0 Å². The maximum Gasteiger partial charge on any atom is -0.0225 e. The van der Waals surface area contributed by atoms with E-state index in [-0.39, 0.29) is 0 Å². The first-order chi connectivity index (χ1) is 7.95. The molecule has 0 aliphatic heterocycles. The van der Waals surface area contributed by atoms with Crippen LogP contribution in [-0.2, 0) is 6.42 Å². The van der Waals surface area contributed by atoms with E-state index in [4.69, 9.17) is 0 Å². The molecule has 0 aliphatic carbocycles. The smallest absolute Gasteiger partial charge is 0.0225 e. The lowest BCUT2D eigenvalue weighted by molar-refractivity contribution is 0.632. The Morgan fingerprint density at radius 2 is 1.71 bits per heavy atom. The Hall–Kier alpha value is -1.04. The molecule has 0 saturated heterocycles. The summed E-state index contributed by atoms with van der Waals surface area (Å²) in [7, 11) is 0. The molecule has 0 heteroatoms. The van der Waals surface area contributed by atoms with Crippen LogP contribution in [0.5, 0.6) is 0 Å². The van der Waals surface area contributed by atoms with Crippen molar-refractivity contribution < 1.29 is 0 Å². The summed E-state index contributed by atoms with van der Waals surface area (Å²) in [5.41, 5.74) is 5.73. The van der Waals surface area contributed by atoms with Gasteiger partial charge in [0.2, 0.25) is 0 Å². The van der Waals surface area contributed by atoms with E-state index in [1.807, 2.05) is 0 Å². The van der Waals surface area contributed by atoms with Crippen LogP contribution in [0.25, 0.3) is 6.08 Å². The average molecular weight is 230 g/mol. The molecule has 0 aromatic heterocycles. The quantitative estimate of drug-likeness (QED) is 0.662. The standard InChI is InChI=1S/C17H26/c1-7-15-9-8-14(6)16(10-15)11-17(12(2)3)13(4)5/h8-13H,7H2,1-6H3. The van der Waals surface area contributed by atoms with E-state index in [2.05, 4.69) is 65.8 Å². The second-order valence-corrected chi connectivity index (χ2v) is 5.50. The number of aryl methyl sites for hydroxylation is 2. The van der Waals surface area contributed by atoms with Gasteiger partial charge in [-0.1, -0.05) is 64.5 Å². The monoisotopic (exact) mass is 230 g/mol. The van der Waals surface area contributed by atoms with E-state index < -0.39 is 0 Å². The van der Waals surface area contributed by atoms with Crippen LogP contribution >= 0.6 is 0 Å². The van der Waals surface area contributed by atoms with Crippen molar-refractivity contribution >= 4 is 6.08 Å². The molecule has 0 amide bonds. The Labute approximate surface area is 107 Å². The van der Waals surface area contributed by atoms with E-state index in [9.17, 15) is 0 Å². The van der Waals surface area contributed by atoms with Gasteiger partial charge < -0.3 is 0 Å². The molecule has 0 nitrogen and oxygen atoms in total. The Morgan fingerprint density at radius 1 is 1.12 bits per heavy atom. The van der Waals surface area contributed by atoms with Gasteiger partial charge >= 0.3 is 0 Å². The van der Waals surface area contributed by atoms with E-state index in [1.54, 1.807) is 5.57 Å². The topological polar surface area (TPSA) is 0 Å². The second kappa shape index (κ2) is 6.05. The molecule has 0 N–H and O–H groups in total. The van der Waals surface area contributed by atoms with Crippen LogP contribution in [0, 0.1) is 18.8 Å². The van der Waals surface area contributed by atoms with E-state index in [0.29, 0.717) is 11.8 Å². The Morgan fingerprint density at radius 3 is 2.18 bits per heavy atom. The van der Waals surface area contributed by atoms with Crippen LogP contribution in [0.3, 0.4) is 0 Å². The zero-order valence-corrected chi connectivity index (χ0v) is 12.2. The van der Waals surface area contributed by atoms with E-state index in [1.165, 1.54) is 16.7 Å². The summed E-state index contributed by atoms with van der Waals surface area (Å²) in [5.74, 6) is 1.25. The lowest BCUT2D eigenvalue weighted by Crippen LogP contribution is -2.02. The number of benzene rings is 1. The lowest BCUT2D eigenvalue weighted by Gasteiger charge is -2.16. The third-order valence-electron chi connectivity index (χ3n) is 3.41. The maximum absolute atomic E-state index is 2.39. The van der Waals surface area contributed by atoms with Gasteiger partial charge in [-0.15, -0.1) is 0 Å². The molecule has 0 saturated carbocycles. The van der Waals surface area contributed by atoms with Gasteiger partial charge in [0.05, 0.1) is 0 Å². The molecule has 0 radical (unpaired) electrons. The number of hydrogen-bond acceptors (Lipinski definition) is 0. The zero-order valence-electron chi connectivity index (χ0n) is 12.2. The average Bonchev–Trinajstić information content (AvgIpc) is 2.27. The highest BCUT2D eigenvalue weighted by molar-refractivity contribution is 5.58. The molecule has 1 aromatic rings. The fraction of sp³-hybridized carbons (Fsp3) is 0.529. The van der Waals surface area contributed by atoms with Crippen molar-refractivity contribution in [3.63, 3.8) is 0 Å². The Balaban J connectivity index is 3.18. The van der Waals surface area contributed by atoms with E-state index >= 15 is 0 Å². The van der Waals surface area contributed by atoms with Crippen molar-refractivity contribution in [2.45, 2.75) is 48.0 Å². The van der Waals surface area contributed by atoms with E-state index in [0.717, 1.165) is 6.42 Å². The first-order valence-electron chi connectivity index (χ1n) is 6.76. The number of allylic oxidation sites excluding steroid dienone is 1. The Kier molecular flexibility index (Phi) is 4.99. The predicted molar refractivity (Wildman–Crippen MR) is 78.2 cm³/mol. The summed E-state index contributed by atoms with van der Waals surface area (Å²) in [6.45, 7) is 13.5. The molecular formula is C17H26. The van der Waals surface area contributed by atoms with Crippen molar-refractivity contribution in [1.82, 2.24) is 0 Å². The molecule has 0 unspecified atom stereocenters. The van der Waals surface area contributed by atoms with Crippen LogP contribution in [0.15, 0.2) is 23.8 Å². The minimum absolute atomic E-state index is 0.625. The van der Waals surface area contributed by atoms with Crippen molar-refractivity contribution in [1.29, 1.82) is 0 Å². The number of rotatable bonds is 4. The molecule has 0 atom stereocenters. The molecular weight excluding hydrogens is 204 g/mol. The summed E-state index contributed by atoms with van der Waals surface area (Å²) >= 11 is 0. The van der Waals surface area contributed by atoms with Gasteiger partial charge in [0.1, 0.15) is 0 Å². The Bertz CT molecular complexity index is 384. The van der Waals surface area contributed by atoms with Crippen molar-refractivity contribution in [3.05, 3.63) is 40.5 Å². The molecule has 0 aliphatic rings. The molecule has 1 rings (SSSR count). The van der Waals surface area contributed by atoms with Gasteiger partial charge in [-0.05, 0) is 41.9 Å². The normalized spacial score (nSPS) is 11.1. The summed E-state index contributed by atoms with van der Waals surface area (Å²) in [6.07, 6.45) is 3.50. The van der Waals surface area contributed by atoms with Crippen LogP contribution in [0.2, 0.25) is 0 Å². The minimum Gasteiger partial charge on any atom is -0.0645 e. The SMILES string of the molecule is CCc1ccc(C)c(C=C(C(C)C)C(C)C)c1. The van der Waals surface area contributed by atoms with Crippen LogP contribution in [0.4, 0.5) is 0 Å². The van der Waals surface area contributed by atoms with Gasteiger partial charge in [-0.2, -0.15) is 0 Å². The zero-order chi connectivity index (χ0) is 13.0. The molecule has 0 heterocycles. The first kappa shape index (κ1) is 14.0. The van der Waals surface area contributed by atoms with Crippen LogP contribution in [-0.4, -0.2) is 0 Å². The molecule has 0 fully saturated rings. The van der Waals surface area contributed by atoms with Crippen LogP contribution < -0.4 is 0 Å².